The Hall–Kier alpha value is -2.90. The van der Waals surface area contributed by atoms with Crippen molar-refractivity contribution in [3.05, 3.63) is 65.0 Å². The zero-order chi connectivity index (χ0) is 21.6. The maximum atomic E-state index is 12.7. The molecule has 2 heterocycles. The summed E-state index contributed by atoms with van der Waals surface area (Å²) in [5.41, 5.74) is 1.90. The monoisotopic (exact) mass is 440 g/mol. The van der Waals surface area contributed by atoms with Crippen molar-refractivity contribution in [1.82, 2.24) is 20.4 Å². The third-order valence-electron chi connectivity index (χ3n) is 5.43. The SMILES string of the molecule is COc1ccc(CNC(=O)C2CCCN(Cc3nc(-c4ccc(Cl)cc4)no3)C2)cc1. The second kappa shape index (κ2) is 9.94. The fourth-order valence-electron chi connectivity index (χ4n) is 3.72. The Labute approximate surface area is 186 Å². The number of benzene rings is 2. The molecule has 4 rings (SSSR count). The van der Waals surface area contributed by atoms with E-state index in [2.05, 4.69) is 20.4 Å². The first-order valence-corrected chi connectivity index (χ1v) is 10.7. The molecule has 8 heteroatoms. The topological polar surface area (TPSA) is 80.5 Å². The van der Waals surface area contributed by atoms with Crippen LogP contribution in [-0.4, -0.2) is 41.1 Å². The number of likely N-dealkylation sites (tertiary alicyclic amines) is 1. The molecule has 1 fully saturated rings. The first kappa shape index (κ1) is 21.3. The molecule has 1 unspecified atom stereocenters. The molecule has 1 saturated heterocycles. The van der Waals surface area contributed by atoms with Gasteiger partial charge in [-0.3, -0.25) is 9.69 Å². The predicted molar refractivity (Wildman–Crippen MR) is 118 cm³/mol. The van der Waals surface area contributed by atoms with Crippen molar-refractivity contribution in [2.24, 2.45) is 5.92 Å². The van der Waals surface area contributed by atoms with Crippen LogP contribution in [0.4, 0.5) is 0 Å². The van der Waals surface area contributed by atoms with Crippen LogP contribution in [0, 0.1) is 5.92 Å². The molecule has 0 aliphatic carbocycles. The summed E-state index contributed by atoms with van der Waals surface area (Å²) < 4.78 is 10.6. The molecule has 1 aliphatic rings. The normalized spacial score (nSPS) is 16.8. The summed E-state index contributed by atoms with van der Waals surface area (Å²) in [4.78, 5) is 19.4. The smallest absolute Gasteiger partial charge is 0.241 e. The lowest BCUT2D eigenvalue weighted by atomic mass is 9.97. The van der Waals surface area contributed by atoms with Crippen molar-refractivity contribution < 1.29 is 14.1 Å². The van der Waals surface area contributed by atoms with Crippen LogP contribution in [0.3, 0.4) is 0 Å². The highest BCUT2D eigenvalue weighted by Gasteiger charge is 2.26. The molecule has 0 saturated carbocycles. The lowest BCUT2D eigenvalue weighted by molar-refractivity contribution is -0.127. The number of halogens is 1. The van der Waals surface area contributed by atoms with Crippen LogP contribution >= 0.6 is 11.6 Å². The molecule has 1 aliphatic heterocycles. The Morgan fingerprint density at radius 3 is 2.74 bits per heavy atom. The summed E-state index contributed by atoms with van der Waals surface area (Å²) in [5, 5.41) is 7.78. The molecule has 1 aromatic heterocycles. The van der Waals surface area contributed by atoms with Gasteiger partial charge in [-0.15, -0.1) is 0 Å². The van der Waals surface area contributed by atoms with Crippen molar-refractivity contribution in [1.29, 1.82) is 0 Å². The van der Waals surface area contributed by atoms with Crippen molar-refractivity contribution in [2.75, 3.05) is 20.2 Å². The first-order valence-electron chi connectivity index (χ1n) is 10.3. The number of methoxy groups -OCH3 is 1. The number of hydrogen-bond acceptors (Lipinski definition) is 6. The Morgan fingerprint density at radius 1 is 1.23 bits per heavy atom. The molecule has 1 N–H and O–H groups in total. The Balaban J connectivity index is 1.30. The predicted octanol–water partition coefficient (Wildman–Crippen LogP) is 3.93. The molecule has 0 spiro atoms. The van der Waals surface area contributed by atoms with E-state index in [4.69, 9.17) is 20.9 Å². The van der Waals surface area contributed by atoms with E-state index in [1.54, 1.807) is 19.2 Å². The number of piperidine rings is 1. The number of aromatic nitrogens is 2. The number of carbonyl (C=O) groups is 1. The van der Waals surface area contributed by atoms with Gasteiger partial charge in [-0.2, -0.15) is 4.98 Å². The van der Waals surface area contributed by atoms with Gasteiger partial charge in [0.1, 0.15) is 5.75 Å². The highest BCUT2D eigenvalue weighted by Crippen LogP contribution is 2.22. The number of carbonyl (C=O) groups excluding carboxylic acids is 1. The molecule has 7 nitrogen and oxygen atoms in total. The third-order valence-corrected chi connectivity index (χ3v) is 5.68. The number of amides is 1. The Morgan fingerprint density at radius 2 is 2.00 bits per heavy atom. The van der Waals surface area contributed by atoms with Crippen LogP contribution in [0.25, 0.3) is 11.4 Å². The van der Waals surface area contributed by atoms with Gasteiger partial charge in [0, 0.05) is 23.7 Å². The Bertz CT molecular complexity index is 1000. The molecule has 1 amide bonds. The van der Waals surface area contributed by atoms with Gasteiger partial charge in [0.15, 0.2) is 0 Å². The van der Waals surface area contributed by atoms with Crippen LogP contribution in [0.1, 0.15) is 24.3 Å². The van der Waals surface area contributed by atoms with Gasteiger partial charge in [-0.05, 0) is 61.3 Å². The fraction of sp³-hybridized carbons (Fsp3) is 0.348. The fourth-order valence-corrected chi connectivity index (χ4v) is 3.84. The zero-order valence-electron chi connectivity index (χ0n) is 17.4. The van der Waals surface area contributed by atoms with Gasteiger partial charge in [0.25, 0.3) is 0 Å². The van der Waals surface area contributed by atoms with Crippen molar-refractivity contribution in [3.8, 4) is 17.1 Å². The average Bonchev–Trinajstić information content (AvgIpc) is 3.27. The van der Waals surface area contributed by atoms with Crippen LogP contribution < -0.4 is 10.1 Å². The summed E-state index contributed by atoms with van der Waals surface area (Å²) in [5.74, 6) is 1.92. The van der Waals surface area contributed by atoms with Crippen LogP contribution in [0.2, 0.25) is 5.02 Å². The molecule has 2 aromatic carbocycles. The van der Waals surface area contributed by atoms with Crippen molar-refractivity contribution in [3.63, 3.8) is 0 Å². The van der Waals surface area contributed by atoms with Crippen LogP contribution in [0.15, 0.2) is 53.1 Å². The average molecular weight is 441 g/mol. The molecule has 0 bridgehead atoms. The minimum atomic E-state index is -0.0503. The molecular formula is C23H25ClN4O3. The largest absolute Gasteiger partial charge is 0.497 e. The maximum absolute atomic E-state index is 12.7. The lowest BCUT2D eigenvalue weighted by Crippen LogP contribution is -2.42. The van der Waals surface area contributed by atoms with Crippen LogP contribution in [0.5, 0.6) is 5.75 Å². The lowest BCUT2D eigenvalue weighted by Gasteiger charge is -2.30. The number of hydrogen-bond donors (Lipinski definition) is 1. The van der Waals surface area contributed by atoms with Gasteiger partial charge in [-0.1, -0.05) is 28.9 Å². The number of nitrogens with zero attached hydrogens (tertiary/aromatic N) is 3. The quantitative estimate of drug-likeness (QED) is 0.599. The second-order valence-corrected chi connectivity index (χ2v) is 8.10. The van der Waals surface area contributed by atoms with E-state index in [0.29, 0.717) is 36.4 Å². The van der Waals surface area contributed by atoms with E-state index in [-0.39, 0.29) is 11.8 Å². The number of nitrogens with one attached hydrogen (secondary N) is 1. The van der Waals surface area contributed by atoms with Crippen molar-refractivity contribution >= 4 is 17.5 Å². The standard InChI is InChI=1S/C23H25ClN4O3/c1-30-20-10-4-16(5-11-20)13-25-23(29)18-3-2-12-28(14-18)15-21-26-22(27-31-21)17-6-8-19(24)9-7-17/h4-11,18H,2-3,12-15H2,1H3,(H,25,29). The summed E-state index contributed by atoms with van der Waals surface area (Å²) in [7, 11) is 1.64. The minimum Gasteiger partial charge on any atom is -0.497 e. The molecule has 1 atom stereocenters. The summed E-state index contributed by atoms with van der Waals surface area (Å²) in [6.07, 6.45) is 1.84. The highest BCUT2D eigenvalue weighted by atomic mass is 35.5. The van der Waals surface area contributed by atoms with E-state index in [1.807, 2.05) is 36.4 Å². The molecule has 3 aromatic rings. The molecule has 0 radical (unpaired) electrons. The highest BCUT2D eigenvalue weighted by molar-refractivity contribution is 6.30. The zero-order valence-corrected chi connectivity index (χ0v) is 18.1. The molecule has 31 heavy (non-hydrogen) atoms. The van der Waals surface area contributed by atoms with E-state index < -0.39 is 0 Å². The number of rotatable bonds is 7. The molecular weight excluding hydrogens is 416 g/mol. The van der Waals surface area contributed by atoms with Gasteiger partial charge in [-0.25, -0.2) is 0 Å². The Kier molecular flexibility index (Phi) is 6.84. The van der Waals surface area contributed by atoms with E-state index in [9.17, 15) is 4.79 Å². The number of ether oxygens (including phenoxy) is 1. The van der Waals surface area contributed by atoms with Crippen molar-refractivity contribution in [2.45, 2.75) is 25.9 Å². The summed E-state index contributed by atoms with van der Waals surface area (Å²) in [6.45, 7) is 2.62. The first-order chi connectivity index (χ1) is 15.1. The summed E-state index contributed by atoms with van der Waals surface area (Å²) in [6, 6.07) is 15.0. The van der Waals surface area contributed by atoms with E-state index in [0.717, 1.165) is 36.3 Å². The van der Waals surface area contributed by atoms with Gasteiger partial charge >= 0.3 is 0 Å². The molecule has 162 valence electrons. The van der Waals surface area contributed by atoms with E-state index in [1.165, 1.54) is 0 Å². The van der Waals surface area contributed by atoms with E-state index >= 15 is 0 Å². The summed E-state index contributed by atoms with van der Waals surface area (Å²) >= 11 is 5.93. The van der Waals surface area contributed by atoms with Gasteiger partial charge < -0.3 is 14.6 Å². The maximum Gasteiger partial charge on any atom is 0.241 e. The minimum absolute atomic E-state index is 0.0503. The third kappa shape index (κ3) is 5.62. The van der Waals surface area contributed by atoms with Gasteiger partial charge in [0.05, 0.1) is 19.6 Å². The van der Waals surface area contributed by atoms with Crippen LogP contribution in [-0.2, 0) is 17.9 Å². The van der Waals surface area contributed by atoms with Gasteiger partial charge in [0.2, 0.25) is 17.6 Å². The second-order valence-electron chi connectivity index (χ2n) is 7.66.